The van der Waals surface area contributed by atoms with Gasteiger partial charge in [-0.3, -0.25) is 24.1 Å². The summed E-state index contributed by atoms with van der Waals surface area (Å²) in [6, 6.07) is 9.45. The fourth-order valence-corrected chi connectivity index (χ4v) is 4.14. The van der Waals surface area contributed by atoms with Crippen LogP contribution in [0.3, 0.4) is 0 Å². The molecule has 0 saturated carbocycles. The van der Waals surface area contributed by atoms with Gasteiger partial charge in [-0.05, 0) is 24.5 Å². The number of rotatable bonds is 9. The van der Waals surface area contributed by atoms with Gasteiger partial charge in [0.05, 0.1) is 11.2 Å². The topological polar surface area (TPSA) is 115 Å². The normalized spacial score (nSPS) is 11.5. The summed E-state index contributed by atoms with van der Waals surface area (Å²) in [5, 5.41) is 3.89. The molecule has 0 bridgehead atoms. The molecule has 0 aliphatic carbocycles. The SMILES string of the molecule is CCCCn1c(=O)[nH]c(=O)c2c1nc(CCC(=O)Nc1cccc3cccnc13)n2CC(C)C. The zero-order valence-corrected chi connectivity index (χ0v) is 19.8. The summed E-state index contributed by atoms with van der Waals surface area (Å²) in [6.07, 6.45) is 3.93. The Labute approximate surface area is 196 Å². The molecule has 3 heterocycles. The highest BCUT2D eigenvalue weighted by Gasteiger charge is 2.20. The van der Waals surface area contributed by atoms with E-state index in [0.29, 0.717) is 42.2 Å². The molecule has 9 heteroatoms. The van der Waals surface area contributed by atoms with Crippen molar-refractivity contribution in [1.82, 2.24) is 24.1 Å². The van der Waals surface area contributed by atoms with E-state index in [2.05, 4.69) is 34.1 Å². The first-order valence-electron chi connectivity index (χ1n) is 11.7. The number of nitrogens with one attached hydrogen (secondary N) is 2. The summed E-state index contributed by atoms with van der Waals surface area (Å²) < 4.78 is 3.38. The van der Waals surface area contributed by atoms with Gasteiger partial charge in [-0.2, -0.15) is 0 Å². The van der Waals surface area contributed by atoms with E-state index in [1.807, 2.05) is 41.8 Å². The lowest BCUT2D eigenvalue weighted by Crippen LogP contribution is -2.31. The van der Waals surface area contributed by atoms with E-state index in [1.165, 1.54) is 4.57 Å². The number of nitrogens with zero attached hydrogens (tertiary/aromatic N) is 4. The molecule has 2 N–H and O–H groups in total. The summed E-state index contributed by atoms with van der Waals surface area (Å²) >= 11 is 0. The fourth-order valence-electron chi connectivity index (χ4n) is 4.14. The average Bonchev–Trinajstić information content (AvgIpc) is 3.15. The number of imidazole rings is 1. The molecule has 0 fully saturated rings. The highest BCUT2D eigenvalue weighted by atomic mass is 16.2. The van der Waals surface area contributed by atoms with Crippen LogP contribution in [0.5, 0.6) is 0 Å². The van der Waals surface area contributed by atoms with Gasteiger partial charge in [0.2, 0.25) is 5.91 Å². The highest BCUT2D eigenvalue weighted by molar-refractivity contribution is 6.00. The lowest BCUT2D eigenvalue weighted by Gasteiger charge is -2.12. The van der Waals surface area contributed by atoms with Gasteiger partial charge in [0.1, 0.15) is 5.82 Å². The van der Waals surface area contributed by atoms with E-state index < -0.39 is 11.2 Å². The van der Waals surface area contributed by atoms with Gasteiger partial charge in [0.25, 0.3) is 5.56 Å². The molecule has 4 aromatic rings. The number of carbonyl (C=O) groups excluding carboxylic acids is 1. The van der Waals surface area contributed by atoms with Gasteiger partial charge in [0, 0.05) is 37.5 Å². The number of amides is 1. The van der Waals surface area contributed by atoms with Gasteiger partial charge in [0.15, 0.2) is 11.2 Å². The Bertz CT molecular complexity index is 1440. The summed E-state index contributed by atoms with van der Waals surface area (Å²) in [5.41, 5.74) is 1.27. The number of carbonyl (C=O) groups is 1. The smallest absolute Gasteiger partial charge is 0.324 e. The lowest BCUT2D eigenvalue weighted by atomic mass is 10.2. The number of pyridine rings is 1. The summed E-state index contributed by atoms with van der Waals surface area (Å²) in [4.78, 5) is 49.5. The van der Waals surface area contributed by atoms with Crippen LogP contribution in [0, 0.1) is 5.92 Å². The maximum absolute atomic E-state index is 12.8. The minimum Gasteiger partial charge on any atom is -0.324 e. The summed E-state index contributed by atoms with van der Waals surface area (Å²) in [6.45, 7) is 7.19. The molecule has 0 radical (unpaired) electrons. The fraction of sp³-hybridized carbons (Fsp3) is 0.400. The Kier molecular flexibility index (Phi) is 6.90. The molecule has 0 spiro atoms. The van der Waals surface area contributed by atoms with E-state index in [-0.39, 0.29) is 18.2 Å². The number of hydrogen-bond donors (Lipinski definition) is 2. The maximum Gasteiger partial charge on any atom is 0.330 e. The molecule has 0 aliphatic heterocycles. The van der Waals surface area contributed by atoms with E-state index >= 15 is 0 Å². The van der Waals surface area contributed by atoms with Crippen molar-refractivity contribution in [3.63, 3.8) is 0 Å². The molecule has 3 aromatic heterocycles. The molecule has 1 aromatic carbocycles. The Balaban J connectivity index is 1.64. The van der Waals surface area contributed by atoms with Crippen molar-refractivity contribution in [2.45, 2.75) is 59.5 Å². The third kappa shape index (κ3) is 4.78. The van der Waals surface area contributed by atoms with E-state index in [4.69, 9.17) is 0 Å². The number of H-pyrrole nitrogens is 1. The molecule has 4 rings (SSSR count). The minimum absolute atomic E-state index is 0.168. The van der Waals surface area contributed by atoms with Crippen LogP contribution in [-0.4, -0.2) is 30.0 Å². The molecule has 1 amide bonds. The molecule has 178 valence electrons. The molecule has 9 nitrogen and oxygen atoms in total. The van der Waals surface area contributed by atoms with Crippen LogP contribution >= 0.6 is 0 Å². The molecular weight excluding hydrogens is 432 g/mol. The number of aryl methyl sites for hydroxylation is 2. The quantitative estimate of drug-likeness (QED) is 0.395. The number of para-hydroxylation sites is 1. The highest BCUT2D eigenvalue weighted by Crippen LogP contribution is 2.21. The van der Waals surface area contributed by atoms with Crippen molar-refractivity contribution in [1.29, 1.82) is 0 Å². The molecule has 34 heavy (non-hydrogen) atoms. The van der Waals surface area contributed by atoms with Gasteiger partial charge < -0.3 is 9.88 Å². The molecule has 0 aliphatic rings. The first-order valence-corrected chi connectivity index (χ1v) is 11.7. The van der Waals surface area contributed by atoms with Crippen LogP contribution in [0.15, 0.2) is 46.1 Å². The van der Waals surface area contributed by atoms with Gasteiger partial charge in [-0.1, -0.05) is 45.4 Å². The largest absolute Gasteiger partial charge is 0.330 e. The summed E-state index contributed by atoms with van der Waals surface area (Å²) in [5.74, 6) is 0.706. The molecule has 0 saturated heterocycles. The zero-order valence-electron chi connectivity index (χ0n) is 19.8. The number of fused-ring (bicyclic) bond motifs is 2. The third-order valence-electron chi connectivity index (χ3n) is 5.73. The van der Waals surface area contributed by atoms with E-state index in [9.17, 15) is 14.4 Å². The maximum atomic E-state index is 12.8. The van der Waals surface area contributed by atoms with Crippen LogP contribution in [-0.2, 0) is 24.3 Å². The Morgan fingerprint density at radius 3 is 2.71 bits per heavy atom. The number of aromatic nitrogens is 5. The molecular formula is C25H30N6O3. The predicted molar refractivity (Wildman–Crippen MR) is 133 cm³/mol. The second kappa shape index (κ2) is 10.0. The first kappa shape index (κ1) is 23.4. The Hall–Kier alpha value is -3.75. The minimum atomic E-state index is -0.451. The first-order chi connectivity index (χ1) is 16.4. The van der Waals surface area contributed by atoms with Crippen molar-refractivity contribution in [3.05, 3.63) is 63.2 Å². The summed E-state index contributed by atoms with van der Waals surface area (Å²) in [7, 11) is 0. The second-order valence-electron chi connectivity index (χ2n) is 8.90. The standard InChI is InChI=1S/C25H30N6O3/c1-4-5-14-30-23-22(24(33)29-25(30)34)31(15-16(2)3)19(28-23)11-12-20(32)27-18-10-6-8-17-9-7-13-26-21(17)18/h6-10,13,16H,4-5,11-12,14-15H2,1-3H3,(H,27,32)(H,29,33,34). The van der Waals surface area contributed by atoms with Crippen LogP contribution in [0.1, 0.15) is 45.9 Å². The number of aromatic amines is 1. The third-order valence-corrected chi connectivity index (χ3v) is 5.73. The monoisotopic (exact) mass is 462 g/mol. The van der Waals surface area contributed by atoms with Gasteiger partial charge in [-0.25, -0.2) is 9.78 Å². The lowest BCUT2D eigenvalue weighted by molar-refractivity contribution is -0.116. The Morgan fingerprint density at radius 1 is 1.15 bits per heavy atom. The van der Waals surface area contributed by atoms with Crippen LogP contribution < -0.4 is 16.6 Å². The number of hydrogen-bond acceptors (Lipinski definition) is 5. The van der Waals surface area contributed by atoms with Crippen LogP contribution in [0.4, 0.5) is 5.69 Å². The number of anilines is 1. The van der Waals surface area contributed by atoms with E-state index in [1.54, 1.807) is 6.20 Å². The Morgan fingerprint density at radius 2 is 1.94 bits per heavy atom. The number of benzene rings is 1. The average molecular weight is 463 g/mol. The molecule has 0 atom stereocenters. The van der Waals surface area contributed by atoms with Crippen molar-refractivity contribution < 1.29 is 4.79 Å². The zero-order chi connectivity index (χ0) is 24.2. The van der Waals surface area contributed by atoms with Gasteiger partial charge >= 0.3 is 5.69 Å². The van der Waals surface area contributed by atoms with Crippen LogP contribution in [0.2, 0.25) is 0 Å². The second-order valence-corrected chi connectivity index (χ2v) is 8.90. The molecule has 0 unspecified atom stereocenters. The van der Waals surface area contributed by atoms with Gasteiger partial charge in [-0.15, -0.1) is 0 Å². The van der Waals surface area contributed by atoms with Crippen LogP contribution in [0.25, 0.3) is 22.1 Å². The number of unbranched alkanes of at least 4 members (excludes halogenated alkanes) is 1. The van der Waals surface area contributed by atoms with E-state index in [0.717, 1.165) is 23.7 Å². The van der Waals surface area contributed by atoms with Crippen molar-refractivity contribution in [3.8, 4) is 0 Å². The predicted octanol–water partition coefficient (Wildman–Crippen LogP) is 3.46. The van der Waals surface area contributed by atoms with Crippen molar-refractivity contribution in [2.24, 2.45) is 5.92 Å². The van der Waals surface area contributed by atoms with Crippen molar-refractivity contribution >= 4 is 33.7 Å². The van der Waals surface area contributed by atoms with Crippen molar-refractivity contribution in [2.75, 3.05) is 5.32 Å².